The highest BCUT2D eigenvalue weighted by atomic mass is 32.2. The van der Waals surface area contributed by atoms with E-state index in [1.807, 2.05) is 14.0 Å². The fourth-order valence-electron chi connectivity index (χ4n) is 4.60. The maximum atomic E-state index is 12.2. The maximum Gasteiger partial charge on any atom is 0.191 e. The van der Waals surface area contributed by atoms with Crippen LogP contribution in [0.1, 0.15) is 50.2 Å². The van der Waals surface area contributed by atoms with Gasteiger partial charge >= 0.3 is 0 Å². The van der Waals surface area contributed by atoms with E-state index in [4.69, 9.17) is 0 Å². The zero-order valence-electron chi connectivity index (χ0n) is 19.6. The van der Waals surface area contributed by atoms with E-state index in [-0.39, 0.29) is 0 Å². The van der Waals surface area contributed by atoms with E-state index in [0.717, 1.165) is 63.6 Å². The Bertz CT molecular complexity index is 723. The number of nitrogens with zero attached hydrogens (tertiary/aromatic N) is 3. The Balaban J connectivity index is 1.44. The van der Waals surface area contributed by atoms with Gasteiger partial charge in [-0.1, -0.05) is 37.6 Å². The van der Waals surface area contributed by atoms with Crippen LogP contribution in [0.25, 0.3) is 0 Å². The summed E-state index contributed by atoms with van der Waals surface area (Å²) in [5, 5.41) is 7.33. The summed E-state index contributed by atoms with van der Waals surface area (Å²) in [4.78, 5) is 9.39. The molecule has 0 spiro atoms. The van der Waals surface area contributed by atoms with Gasteiger partial charge in [-0.15, -0.1) is 0 Å². The molecule has 2 N–H and O–H groups in total. The minimum absolute atomic E-state index is 0.325. The van der Waals surface area contributed by atoms with Crippen LogP contribution in [-0.2, 0) is 23.9 Å². The molecule has 174 valence electrons. The van der Waals surface area contributed by atoms with Crippen LogP contribution in [0.2, 0.25) is 0 Å². The number of hydrogen-bond acceptors (Lipinski definition) is 4. The van der Waals surface area contributed by atoms with Crippen LogP contribution in [0, 0.1) is 0 Å². The highest BCUT2D eigenvalue weighted by Crippen LogP contribution is 2.23. The Hall–Kier alpha value is -1.44. The van der Waals surface area contributed by atoms with Crippen LogP contribution < -0.4 is 10.6 Å². The van der Waals surface area contributed by atoms with Crippen LogP contribution in [0.4, 0.5) is 0 Å². The van der Waals surface area contributed by atoms with Crippen LogP contribution in [0.3, 0.4) is 0 Å². The number of aliphatic imine (C=N–C) groups is 1. The second-order valence-corrected chi connectivity index (χ2v) is 11.0. The molecule has 3 rings (SSSR count). The lowest BCUT2D eigenvalue weighted by molar-refractivity contribution is 0.269. The predicted molar refractivity (Wildman–Crippen MR) is 132 cm³/mol. The number of guanidine groups is 1. The molecule has 1 heterocycles. The molecule has 1 aliphatic heterocycles. The van der Waals surface area contributed by atoms with Gasteiger partial charge in [0.15, 0.2) is 5.96 Å². The van der Waals surface area contributed by atoms with E-state index in [1.54, 1.807) is 0 Å². The molecule has 0 amide bonds. The van der Waals surface area contributed by atoms with Crippen LogP contribution >= 0.6 is 0 Å². The minimum atomic E-state index is -0.699. The molecule has 1 saturated carbocycles. The van der Waals surface area contributed by atoms with Gasteiger partial charge in [0.1, 0.15) is 0 Å². The average molecular weight is 448 g/mol. The molecule has 1 aliphatic carbocycles. The Kier molecular flexibility index (Phi) is 9.81. The van der Waals surface area contributed by atoms with Gasteiger partial charge in [0.05, 0.1) is 0 Å². The molecule has 1 saturated heterocycles. The zero-order valence-corrected chi connectivity index (χ0v) is 20.4. The summed E-state index contributed by atoms with van der Waals surface area (Å²) < 4.78 is 12.2. The fourth-order valence-corrected chi connectivity index (χ4v) is 5.95. The van der Waals surface area contributed by atoms with Crippen molar-refractivity contribution in [3.8, 4) is 0 Å². The molecule has 0 radical (unpaired) electrons. The summed E-state index contributed by atoms with van der Waals surface area (Å²) in [5.41, 5.74) is 2.64. The average Bonchev–Trinajstić information content (AvgIpc) is 3.01. The van der Waals surface area contributed by atoms with E-state index >= 15 is 0 Å². The van der Waals surface area contributed by atoms with Gasteiger partial charge in [-0.3, -0.25) is 14.1 Å². The second kappa shape index (κ2) is 12.6. The van der Waals surface area contributed by atoms with Crippen molar-refractivity contribution >= 4 is 16.8 Å². The Labute approximate surface area is 191 Å². The molecular formula is C24H41N5OS. The minimum Gasteiger partial charge on any atom is -0.354 e. The molecule has 31 heavy (non-hydrogen) atoms. The lowest BCUT2D eigenvalue weighted by atomic mass is 9.95. The third-order valence-electron chi connectivity index (χ3n) is 6.55. The number of rotatable bonds is 7. The first-order valence-electron chi connectivity index (χ1n) is 11.9. The van der Waals surface area contributed by atoms with Crippen LogP contribution in [-0.4, -0.2) is 77.3 Å². The molecule has 6 nitrogen and oxygen atoms in total. The summed E-state index contributed by atoms with van der Waals surface area (Å²) in [6, 6.07) is 9.32. The zero-order chi connectivity index (χ0) is 22.1. The first kappa shape index (κ1) is 24.2. The summed E-state index contributed by atoms with van der Waals surface area (Å²) in [5.74, 6) is 1.60. The number of likely N-dealkylation sites (N-methyl/N-ethyl adjacent to an activating group) is 1. The highest BCUT2D eigenvalue weighted by Gasteiger charge is 2.26. The third kappa shape index (κ3) is 7.88. The van der Waals surface area contributed by atoms with Crippen molar-refractivity contribution in [3.63, 3.8) is 0 Å². The lowest BCUT2D eigenvalue weighted by Crippen LogP contribution is -2.46. The van der Waals surface area contributed by atoms with Gasteiger partial charge in [-0.2, -0.15) is 0 Å². The van der Waals surface area contributed by atoms with Gasteiger partial charge in [0.25, 0.3) is 0 Å². The SMILES string of the molecule is CCS(=O)C1CCCC(NC(=NC)NCc2ccc(CN3CCCN(C)CC3)cc2)C1. The summed E-state index contributed by atoms with van der Waals surface area (Å²) in [7, 11) is 3.34. The van der Waals surface area contributed by atoms with Gasteiger partial charge in [0.2, 0.25) is 0 Å². The van der Waals surface area contributed by atoms with Crippen molar-refractivity contribution in [2.45, 2.75) is 63.4 Å². The van der Waals surface area contributed by atoms with Gasteiger partial charge < -0.3 is 15.5 Å². The third-order valence-corrected chi connectivity index (χ3v) is 8.29. The van der Waals surface area contributed by atoms with Crippen molar-refractivity contribution in [3.05, 3.63) is 35.4 Å². The Morgan fingerprint density at radius 3 is 2.61 bits per heavy atom. The maximum absolute atomic E-state index is 12.2. The molecular weight excluding hydrogens is 406 g/mol. The Morgan fingerprint density at radius 2 is 1.87 bits per heavy atom. The van der Waals surface area contributed by atoms with Gasteiger partial charge in [0, 0.05) is 61.1 Å². The molecule has 0 bridgehead atoms. The van der Waals surface area contributed by atoms with Crippen LogP contribution in [0.5, 0.6) is 0 Å². The quantitative estimate of drug-likeness (QED) is 0.497. The van der Waals surface area contributed by atoms with Crippen molar-refractivity contribution in [2.75, 3.05) is 46.0 Å². The predicted octanol–water partition coefficient (Wildman–Crippen LogP) is 2.57. The van der Waals surface area contributed by atoms with Crippen molar-refractivity contribution in [1.82, 2.24) is 20.4 Å². The van der Waals surface area contributed by atoms with E-state index in [0.29, 0.717) is 11.3 Å². The fraction of sp³-hybridized carbons (Fsp3) is 0.708. The smallest absolute Gasteiger partial charge is 0.191 e. The van der Waals surface area contributed by atoms with E-state index in [9.17, 15) is 4.21 Å². The molecule has 7 heteroatoms. The van der Waals surface area contributed by atoms with Crippen molar-refractivity contribution in [1.29, 1.82) is 0 Å². The number of hydrogen-bond donors (Lipinski definition) is 2. The first-order valence-corrected chi connectivity index (χ1v) is 13.3. The molecule has 1 aromatic rings. The molecule has 3 unspecified atom stereocenters. The first-order chi connectivity index (χ1) is 15.1. The topological polar surface area (TPSA) is 60.0 Å². The summed E-state index contributed by atoms with van der Waals surface area (Å²) >= 11 is 0. The van der Waals surface area contributed by atoms with Crippen LogP contribution in [0.15, 0.2) is 29.3 Å². The largest absolute Gasteiger partial charge is 0.354 e. The number of nitrogens with one attached hydrogen (secondary N) is 2. The van der Waals surface area contributed by atoms with E-state index in [2.05, 4.69) is 56.7 Å². The summed E-state index contributed by atoms with van der Waals surface area (Å²) in [6.45, 7) is 8.50. The monoisotopic (exact) mass is 447 g/mol. The van der Waals surface area contributed by atoms with Crippen molar-refractivity contribution in [2.24, 2.45) is 4.99 Å². The van der Waals surface area contributed by atoms with Gasteiger partial charge in [-0.25, -0.2) is 0 Å². The molecule has 3 atom stereocenters. The molecule has 2 aliphatic rings. The highest BCUT2D eigenvalue weighted by molar-refractivity contribution is 7.85. The Morgan fingerprint density at radius 1 is 1.10 bits per heavy atom. The van der Waals surface area contributed by atoms with E-state index in [1.165, 1.54) is 30.6 Å². The van der Waals surface area contributed by atoms with E-state index < -0.39 is 10.8 Å². The van der Waals surface area contributed by atoms with Gasteiger partial charge in [-0.05, 0) is 56.9 Å². The molecule has 1 aromatic carbocycles. The second-order valence-electron chi connectivity index (χ2n) is 8.97. The molecule has 0 aromatic heterocycles. The molecule has 2 fully saturated rings. The normalized spacial score (nSPS) is 25.1. The number of benzene rings is 1. The standard InChI is InChI=1S/C24H41N5OS/c1-4-31(30)23-8-5-7-22(17-23)27-24(25-2)26-18-20-9-11-21(12-10-20)19-29-14-6-13-28(3)15-16-29/h9-12,22-23H,4-8,13-19H2,1-3H3,(H2,25,26,27). The summed E-state index contributed by atoms with van der Waals surface area (Å²) in [6.07, 6.45) is 5.58. The lowest BCUT2D eigenvalue weighted by Gasteiger charge is -2.30. The van der Waals surface area contributed by atoms with Crippen molar-refractivity contribution < 1.29 is 4.21 Å².